The zero-order valence-corrected chi connectivity index (χ0v) is 10.1. The van der Waals surface area contributed by atoms with Gasteiger partial charge >= 0.3 is 6.03 Å². The van der Waals surface area contributed by atoms with Crippen molar-refractivity contribution in [3.8, 4) is 0 Å². The molecule has 0 radical (unpaired) electrons. The highest BCUT2D eigenvalue weighted by Gasteiger charge is 2.01. The molecule has 1 aromatic heterocycles. The highest BCUT2D eigenvalue weighted by molar-refractivity contribution is 5.73. The minimum atomic E-state index is -0.178. The van der Waals surface area contributed by atoms with Crippen molar-refractivity contribution in [2.75, 3.05) is 6.54 Å². The molecule has 2 rings (SSSR count). The molecule has 0 aliphatic carbocycles. The molecule has 0 saturated carbocycles. The topological polar surface area (TPSA) is 54.3 Å². The number of carbonyl (C=O) groups is 1. The van der Waals surface area contributed by atoms with Gasteiger partial charge in [-0.05, 0) is 24.1 Å². The van der Waals surface area contributed by atoms with Gasteiger partial charge in [0.15, 0.2) is 0 Å². The van der Waals surface area contributed by atoms with E-state index >= 15 is 0 Å². The molecule has 4 heteroatoms. The molecular formula is C14H16N2O2. The lowest BCUT2D eigenvalue weighted by Gasteiger charge is -2.06. The Balaban J connectivity index is 1.63. The largest absolute Gasteiger partial charge is 0.467 e. The van der Waals surface area contributed by atoms with Crippen molar-refractivity contribution in [3.05, 3.63) is 60.1 Å². The number of urea groups is 1. The normalized spacial score (nSPS) is 10.0. The molecule has 0 saturated heterocycles. The number of carbonyl (C=O) groups excluding carboxylic acids is 1. The molecule has 2 aromatic rings. The molecule has 0 aliphatic rings. The van der Waals surface area contributed by atoms with Gasteiger partial charge in [0.25, 0.3) is 0 Å². The van der Waals surface area contributed by atoms with Crippen LogP contribution in [0.1, 0.15) is 11.3 Å². The van der Waals surface area contributed by atoms with Crippen LogP contribution in [0.25, 0.3) is 0 Å². The summed E-state index contributed by atoms with van der Waals surface area (Å²) in [6.45, 7) is 1.03. The molecule has 94 valence electrons. The Morgan fingerprint density at radius 1 is 1.06 bits per heavy atom. The number of hydrogen-bond acceptors (Lipinski definition) is 2. The van der Waals surface area contributed by atoms with Crippen LogP contribution in [0.5, 0.6) is 0 Å². The van der Waals surface area contributed by atoms with Crippen molar-refractivity contribution in [1.29, 1.82) is 0 Å². The minimum absolute atomic E-state index is 0.178. The fourth-order valence-electron chi connectivity index (χ4n) is 1.61. The summed E-state index contributed by atoms with van der Waals surface area (Å²) < 4.78 is 5.12. The van der Waals surface area contributed by atoms with Crippen LogP contribution < -0.4 is 10.6 Å². The number of nitrogens with one attached hydrogen (secondary N) is 2. The van der Waals surface area contributed by atoms with Crippen LogP contribution in [-0.4, -0.2) is 12.6 Å². The molecule has 0 spiro atoms. The lowest BCUT2D eigenvalue weighted by atomic mass is 10.1. The van der Waals surface area contributed by atoms with E-state index in [2.05, 4.69) is 10.6 Å². The average molecular weight is 244 g/mol. The summed E-state index contributed by atoms with van der Waals surface area (Å²) in [4.78, 5) is 11.5. The molecule has 0 fully saturated rings. The third kappa shape index (κ3) is 3.97. The number of hydrogen-bond donors (Lipinski definition) is 2. The SMILES string of the molecule is O=C(NCCc1ccccc1)NCc1ccco1. The summed E-state index contributed by atoms with van der Waals surface area (Å²) in [6.07, 6.45) is 2.42. The second-order valence-electron chi connectivity index (χ2n) is 3.92. The first-order chi connectivity index (χ1) is 8.84. The van der Waals surface area contributed by atoms with Gasteiger partial charge < -0.3 is 15.1 Å². The molecule has 2 N–H and O–H groups in total. The molecule has 0 aliphatic heterocycles. The average Bonchev–Trinajstić information content (AvgIpc) is 2.91. The Morgan fingerprint density at radius 2 is 1.89 bits per heavy atom. The lowest BCUT2D eigenvalue weighted by molar-refractivity contribution is 0.239. The van der Waals surface area contributed by atoms with Crippen molar-refractivity contribution in [1.82, 2.24) is 10.6 Å². The Labute approximate surface area is 106 Å². The summed E-state index contributed by atoms with van der Waals surface area (Å²) in [7, 11) is 0. The molecule has 1 heterocycles. The lowest BCUT2D eigenvalue weighted by Crippen LogP contribution is -2.36. The van der Waals surface area contributed by atoms with Gasteiger partial charge in [0.05, 0.1) is 12.8 Å². The summed E-state index contributed by atoms with van der Waals surface area (Å²) in [5, 5.41) is 5.53. The van der Waals surface area contributed by atoms with Crippen LogP contribution in [0.3, 0.4) is 0 Å². The fraction of sp³-hybridized carbons (Fsp3) is 0.214. The van der Waals surface area contributed by atoms with Gasteiger partial charge in [-0.15, -0.1) is 0 Å². The van der Waals surface area contributed by atoms with E-state index in [0.29, 0.717) is 13.1 Å². The van der Waals surface area contributed by atoms with Gasteiger partial charge in [-0.25, -0.2) is 4.79 Å². The van der Waals surface area contributed by atoms with Crippen LogP contribution in [0.2, 0.25) is 0 Å². The number of furan rings is 1. The van der Waals surface area contributed by atoms with Gasteiger partial charge in [0.2, 0.25) is 0 Å². The van der Waals surface area contributed by atoms with Gasteiger partial charge in [-0.1, -0.05) is 30.3 Å². The number of rotatable bonds is 5. The quantitative estimate of drug-likeness (QED) is 0.848. The van der Waals surface area contributed by atoms with Gasteiger partial charge in [-0.2, -0.15) is 0 Å². The monoisotopic (exact) mass is 244 g/mol. The van der Waals surface area contributed by atoms with E-state index in [4.69, 9.17) is 4.42 Å². The standard InChI is InChI=1S/C14H16N2O2/c17-14(16-11-13-7-4-10-18-13)15-9-8-12-5-2-1-3-6-12/h1-7,10H,8-9,11H2,(H2,15,16,17). The Bertz CT molecular complexity index is 466. The van der Waals surface area contributed by atoms with Crippen LogP contribution in [0, 0.1) is 0 Å². The smallest absolute Gasteiger partial charge is 0.315 e. The third-order valence-corrected chi connectivity index (χ3v) is 2.55. The van der Waals surface area contributed by atoms with E-state index in [1.54, 1.807) is 12.3 Å². The predicted molar refractivity (Wildman–Crippen MR) is 69.1 cm³/mol. The van der Waals surface area contributed by atoms with E-state index in [1.807, 2.05) is 36.4 Å². The Kier molecular flexibility index (Phi) is 4.41. The van der Waals surface area contributed by atoms with E-state index in [-0.39, 0.29) is 6.03 Å². The van der Waals surface area contributed by atoms with Crippen molar-refractivity contribution in [3.63, 3.8) is 0 Å². The van der Waals surface area contributed by atoms with Gasteiger partial charge in [0, 0.05) is 6.54 Å². The molecule has 0 bridgehead atoms. The fourth-order valence-corrected chi connectivity index (χ4v) is 1.61. The van der Waals surface area contributed by atoms with E-state index in [1.165, 1.54) is 5.56 Å². The zero-order chi connectivity index (χ0) is 12.6. The number of benzene rings is 1. The summed E-state index contributed by atoms with van der Waals surface area (Å²) in [5.74, 6) is 0.744. The van der Waals surface area contributed by atoms with Crippen LogP contribution in [-0.2, 0) is 13.0 Å². The predicted octanol–water partition coefficient (Wildman–Crippen LogP) is 2.32. The minimum Gasteiger partial charge on any atom is -0.467 e. The highest BCUT2D eigenvalue weighted by atomic mass is 16.3. The van der Waals surface area contributed by atoms with E-state index < -0.39 is 0 Å². The van der Waals surface area contributed by atoms with Crippen molar-refractivity contribution in [2.45, 2.75) is 13.0 Å². The number of amides is 2. The van der Waals surface area contributed by atoms with E-state index in [9.17, 15) is 4.79 Å². The first-order valence-corrected chi connectivity index (χ1v) is 5.92. The molecule has 0 atom stereocenters. The molecule has 18 heavy (non-hydrogen) atoms. The summed E-state index contributed by atoms with van der Waals surface area (Å²) in [6, 6.07) is 13.5. The first-order valence-electron chi connectivity index (χ1n) is 5.92. The summed E-state index contributed by atoms with van der Waals surface area (Å²) >= 11 is 0. The maximum Gasteiger partial charge on any atom is 0.315 e. The molecule has 0 unspecified atom stereocenters. The maximum atomic E-state index is 11.5. The molecule has 2 amide bonds. The van der Waals surface area contributed by atoms with Crippen molar-refractivity contribution >= 4 is 6.03 Å². The molecule has 4 nitrogen and oxygen atoms in total. The van der Waals surface area contributed by atoms with Gasteiger partial charge in [0.1, 0.15) is 5.76 Å². The second-order valence-corrected chi connectivity index (χ2v) is 3.92. The van der Waals surface area contributed by atoms with Crippen LogP contribution in [0.15, 0.2) is 53.1 Å². The first kappa shape index (κ1) is 12.2. The summed E-state index contributed by atoms with van der Waals surface area (Å²) in [5.41, 5.74) is 1.21. The van der Waals surface area contributed by atoms with Crippen LogP contribution >= 0.6 is 0 Å². The van der Waals surface area contributed by atoms with Crippen molar-refractivity contribution in [2.24, 2.45) is 0 Å². The Hall–Kier alpha value is -2.23. The maximum absolute atomic E-state index is 11.5. The molecular weight excluding hydrogens is 228 g/mol. The Morgan fingerprint density at radius 3 is 2.61 bits per heavy atom. The molecule has 1 aromatic carbocycles. The third-order valence-electron chi connectivity index (χ3n) is 2.55. The highest BCUT2D eigenvalue weighted by Crippen LogP contribution is 1.99. The van der Waals surface area contributed by atoms with Crippen molar-refractivity contribution < 1.29 is 9.21 Å². The van der Waals surface area contributed by atoms with Gasteiger partial charge in [-0.3, -0.25) is 0 Å². The zero-order valence-electron chi connectivity index (χ0n) is 10.1. The second kappa shape index (κ2) is 6.49. The van der Waals surface area contributed by atoms with E-state index in [0.717, 1.165) is 12.2 Å². The van der Waals surface area contributed by atoms with Crippen LogP contribution in [0.4, 0.5) is 4.79 Å².